The quantitative estimate of drug-likeness (QED) is 0.310. The molecule has 10 heteroatoms. The van der Waals surface area contributed by atoms with Crippen molar-refractivity contribution in [3.63, 3.8) is 0 Å². The molecule has 0 aliphatic carbocycles. The number of esters is 1. The molecule has 1 unspecified atom stereocenters. The molecule has 1 fully saturated rings. The summed E-state index contributed by atoms with van der Waals surface area (Å²) in [6.45, 7) is 1.97. The van der Waals surface area contributed by atoms with Crippen LogP contribution in [-0.2, 0) is 32.1 Å². The summed E-state index contributed by atoms with van der Waals surface area (Å²) < 4.78 is 10.9. The van der Waals surface area contributed by atoms with Crippen LogP contribution in [0.4, 0.5) is 0 Å². The molecule has 1 N–H and O–H groups in total. The Morgan fingerprint density at radius 2 is 1.85 bits per heavy atom. The monoisotopic (exact) mass is 561 g/mol. The first-order valence-electron chi connectivity index (χ1n) is 12.3. The number of hydrogen-bond acceptors (Lipinski definition) is 8. The number of fused-ring (bicyclic) bond motifs is 1. The minimum absolute atomic E-state index is 0.0569. The fourth-order valence-electron chi connectivity index (χ4n) is 4.39. The van der Waals surface area contributed by atoms with Gasteiger partial charge in [-0.1, -0.05) is 48.5 Å². The Bertz CT molecular complexity index is 1420. The zero-order valence-electron chi connectivity index (χ0n) is 21.4. The number of hydrogen-bond donors (Lipinski definition) is 1. The number of thiazole rings is 1. The van der Waals surface area contributed by atoms with Gasteiger partial charge in [-0.25, -0.2) is 9.78 Å². The van der Waals surface area contributed by atoms with Crippen molar-refractivity contribution < 1.29 is 23.9 Å². The highest BCUT2D eigenvalue weighted by Gasteiger charge is 2.55. The number of β-lactam (4-membered cyclic amide) rings is 1. The van der Waals surface area contributed by atoms with Crippen LogP contribution in [0, 0.1) is 6.92 Å². The standard InChI is InChI=1S/C29H27N3O5S2/c1-18-23(39-17-30-18)13-10-21-16-38-28-25(31-24(33)14-19-6-4-3-5-7-19)27(34)32(28)26(21)29(35)37-15-20-8-11-22(36-2)12-9-20/h3-13,16-17,25-26,28H,14-15H2,1-2H3,(H,31,33)/b13-10+/t25-,26?,28-/m1/s1. The first-order chi connectivity index (χ1) is 18.9. The molecule has 0 saturated carbocycles. The average Bonchev–Trinajstić information content (AvgIpc) is 3.38. The van der Waals surface area contributed by atoms with E-state index in [1.165, 1.54) is 28.0 Å². The van der Waals surface area contributed by atoms with Gasteiger partial charge in [0.25, 0.3) is 0 Å². The summed E-state index contributed by atoms with van der Waals surface area (Å²) >= 11 is 2.90. The third-order valence-corrected chi connectivity index (χ3v) is 8.60. The second-order valence-corrected chi connectivity index (χ2v) is 11.0. The molecule has 1 saturated heterocycles. The molecule has 0 radical (unpaired) electrons. The Kier molecular flexibility index (Phi) is 8.13. The van der Waals surface area contributed by atoms with E-state index < -0.39 is 23.4 Å². The number of methoxy groups -OCH3 is 1. The minimum atomic E-state index is -0.922. The van der Waals surface area contributed by atoms with E-state index in [-0.39, 0.29) is 24.8 Å². The number of ether oxygens (including phenoxy) is 2. The first kappa shape index (κ1) is 26.7. The Labute approximate surface area is 234 Å². The van der Waals surface area contributed by atoms with Crippen LogP contribution in [0.2, 0.25) is 0 Å². The summed E-state index contributed by atoms with van der Waals surface area (Å²) in [6, 6.07) is 14.9. The van der Waals surface area contributed by atoms with Crippen LogP contribution >= 0.6 is 23.1 Å². The van der Waals surface area contributed by atoms with Crippen molar-refractivity contribution in [1.82, 2.24) is 15.2 Å². The Balaban J connectivity index is 1.32. The molecule has 39 heavy (non-hydrogen) atoms. The lowest BCUT2D eigenvalue weighted by atomic mass is 9.97. The molecule has 8 nitrogen and oxygen atoms in total. The van der Waals surface area contributed by atoms with E-state index in [2.05, 4.69) is 10.3 Å². The van der Waals surface area contributed by atoms with E-state index in [1.54, 1.807) is 24.8 Å². The van der Waals surface area contributed by atoms with Gasteiger partial charge in [0.2, 0.25) is 11.8 Å². The number of amides is 2. The maximum atomic E-state index is 13.4. The van der Waals surface area contributed by atoms with Crippen LogP contribution in [0.5, 0.6) is 5.75 Å². The number of thioether (sulfide) groups is 1. The Morgan fingerprint density at radius 3 is 2.54 bits per heavy atom. The smallest absolute Gasteiger partial charge is 0.333 e. The van der Waals surface area contributed by atoms with Crippen LogP contribution < -0.4 is 10.1 Å². The van der Waals surface area contributed by atoms with Crippen molar-refractivity contribution in [3.8, 4) is 5.75 Å². The van der Waals surface area contributed by atoms with Crippen LogP contribution in [-0.4, -0.2) is 52.2 Å². The van der Waals surface area contributed by atoms with Gasteiger partial charge < -0.3 is 19.7 Å². The number of aromatic nitrogens is 1. The molecule has 3 aromatic rings. The Morgan fingerprint density at radius 1 is 1.08 bits per heavy atom. The molecule has 2 aliphatic rings. The normalized spacial score (nSPS) is 20.2. The summed E-state index contributed by atoms with van der Waals surface area (Å²) in [5.41, 5.74) is 4.95. The highest BCUT2D eigenvalue weighted by atomic mass is 32.2. The zero-order chi connectivity index (χ0) is 27.4. The molecule has 5 rings (SSSR count). The van der Waals surface area contributed by atoms with E-state index in [9.17, 15) is 14.4 Å². The third kappa shape index (κ3) is 5.91. The summed E-state index contributed by atoms with van der Waals surface area (Å²) in [6.07, 6.45) is 3.90. The summed E-state index contributed by atoms with van der Waals surface area (Å²) in [5, 5.41) is 4.32. The SMILES string of the molecule is COc1ccc(COC(=O)C2C(/C=C/c3scnc3C)=CS[C@@H]3[C@H](NC(=O)Cc4ccccc4)C(=O)N23)cc1. The first-order valence-corrected chi connectivity index (χ1v) is 14.2. The number of nitrogens with zero attached hydrogens (tertiary/aromatic N) is 2. The van der Waals surface area contributed by atoms with Crippen LogP contribution in [0.25, 0.3) is 6.08 Å². The van der Waals surface area contributed by atoms with Crippen LogP contribution in [0.3, 0.4) is 0 Å². The number of aryl methyl sites for hydroxylation is 1. The molecule has 1 aromatic heterocycles. The second kappa shape index (κ2) is 11.9. The largest absolute Gasteiger partial charge is 0.497 e. The van der Waals surface area contributed by atoms with Crippen molar-refractivity contribution in [2.75, 3.05) is 7.11 Å². The number of carbonyl (C=O) groups excluding carboxylic acids is 3. The molecule has 0 spiro atoms. The van der Waals surface area contributed by atoms with Gasteiger partial charge in [-0.15, -0.1) is 23.1 Å². The third-order valence-electron chi connectivity index (χ3n) is 6.51. The topological polar surface area (TPSA) is 97.8 Å². The van der Waals surface area contributed by atoms with Gasteiger partial charge in [0.05, 0.1) is 24.7 Å². The lowest BCUT2D eigenvalue weighted by Crippen LogP contribution is -2.74. The summed E-state index contributed by atoms with van der Waals surface area (Å²) in [5.74, 6) is -0.380. The molecule has 2 amide bonds. The van der Waals surface area contributed by atoms with Crippen molar-refractivity contribution in [1.29, 1.82) is 0 Å². The lowest BCUT2D eigenvalue weighted by Gasteiger charge is -2.51. The van der Waals surface area contributed by atoms with E-state index in [0.717, 1.165) is 21.7 Å². The number of benzene rings is 2. The fourth-order valence-corrected chi connectivity index (χ4v) is 6.29. The van der Waals surface area contributed by atoms with Gasteiger partial charge in [0, 0.05) is 4.88 Å². The van der Waals surface area contributed by atoms with E-state index in [1.807, 2.05) is 66.9 Å². The minimum Gasteiger partial charge on any atom is -0.497 e. The van der Waals surface area contributed by atoms with Gasteiger partial charge in [-0.3, -0.25) is 9.59 Å². The van der Waals surface area contributed by atoms with Crippen molar-refractivity contribution in [2.45, 2.75) is 37.4 Å². The van der Waals surface area contributed by atoms with Gasteiger partial charge in [-0.2, -0.15) is 0 Å². The molecule has 2 aliphatic heterocycles. The van der Waals surface area contributed by atoms with Crippen LogP contribution in [0.1, 0.15) is 21.7 Å². The van der Waals surface area contributed by atoms with Gasteiger partial charge in [0.1, 0.15) is 23.8 Å². The number of rotatable bonds is 9. The maximum absolute atomic E-state index is 13.4. The van der Waals surface area contributed by atoms with Crippen molar-refractivity contribution in [2.24, 2.45) is 0 Å². The van der Waals surface area contributed by atoms with E-state index >= 15 is 0 Å². The molecular formula is C29H27N3O5S2. The maximum Gasteiger partial charge on any atom is 0.333 e. The molecule has 200 valence electrons. The van der Waals surface area contributed by atoms with E-state index in [0.29, 0.717) is 11.3 Å². The fraction of sp³-hybridized carbons (Fsp3) is 0.241. The van der Waals surface area contributed by atoms with Crippen molar-refractivity contribution in [3.05, 3.63) is 98.9 Å². The van der Waals surface area contributed by atoms with Gasteiger partial charge in [0.15, 0.2) is 6.04 Å². The lowest BCUT2D eigenvalue weighted by molar-refractivity contribution is -0.163. The summed E-state index contributed by atoms with van der Waals surface area (Å²) in [7, 11) is 1.59. The zero-order valence-corrected chi connectivity index (χ0v) is 23.0. The summed E-state index contributed by atoms with van der Waals surface area (Å²) in [4.78, 5) is 46.1. The van der Waals surface area contributed by atoms with Crippen LogP contribution in [0.15, 0.2) is 77.2 Å². The molecule has 3 heterocycles. The predicted molar refractivity (Wildman–Crippen MR) is 151 cm³/mol. The van der Waals surface area contributed by atoms with Crippen molar-refractivity contribution >= 4 is 47.0 Å². The highest BCUT2D eigenvalue weighted by molar-refractivity contribution is 8.03. The molecular weight excluding hydrogens is 534 g/mol. The molecule has 0 bridgehead atoms. The van der Waals surface area contributed by atoms with Gasteiger partial charge >= 0.3 is 5.97 Å². The molecule has 3 atom stereocenters. The number of carbonyl (C=O) groups is 3. The average molecular weight is 562 g/mol. The Hall–Kier alpha value is -3.89. The highest BCUT2D eigenvalue weighted by Crippen LogP contribution is 2.41. The van der Waals surface area contributed by atoms with Gasteiger partial charge in [-0.05, 0) is 47.2 Å². The van der Waals surface area contributed by atoms with E-state index in [4.69, 9.17) is 9.47 Å². The second-order valence-electron chi connectivity index (χ2n) is 9.09. The molecule has 2 aromatic carbocycles. The predicted octanol–water partition coefficient (Wildman–Crippen LogP) is 4.11. The number of nitrogens with one attached hydrogen (secondary N) is 1.